The maximum Gasteiger partial charge on any atom is 0.274 e. The van der Waals surface area contributed by atoms with Crippen molar-refractivity contribution in [3.63, 3.8) is 0 Å². The van der Waals surface area contributed by atoms with Crippen molar-refractivity contribution in [2.24, 2.45) is 5.92 Å². The van der Waals surface area contributed by atoms with Gasteiger partial charge in [0, 0.05) is 44.5 Å². The highest BCUT2D eigenvalue weighted by molar-refractivity contribution is 5.93. The van der Waals surface area contributed by atoms with Gasteiger partial charge in [-0.1, -0.05) is 13.0 Å². The Labute approximate surface area is 184 Å². The number of nitrogens with zero attached hydrogens (tertiary/aromatic N) is 4. The van der Waals surface area contributed by atoms with E-state index in [1.807, 2.05) is 40.8 Å². The zero-order valence-electron chi connectivity index (χ0n) is 18.8. The molecule has 0 spiro atoms. The first-order valence-electron chi connectivity index (χ1n) is 11.8. The number of aromatic nitrogens is 2. The van der Waals surface area contributed by atoms with Crippen LogP contribution >= 0.6 is 0 Å². The molecule has 0 saturated carbocycles. The van der Waals surface area contributed by atoms with Gasteiger partial charge in [0.1, 0.15) is 11.3 Å². The van der Waals surface area contributed by atoms with Crippen LogP contribution in [0.3, 0.4) is 0 Å². The molecule has 2 aliphatic rings. The van der Waals surface area contributed by atoms with Crippen molar-refractivity contribution in [2.75, 3.05) is 32.7 Å². The minimum atomic E-state index is 0.00888. The number of imidazole rings is 1. The number of hydrogen-bond acceptors (Lipinski definition) is 4. The Bertz CT molecular complexity index is 916. The van der Waals surface area contributed by atoms with Crippen molar-refractivity contribution < 1.29 is 9.59 Å². The standard InChI is InChI=1S/C24H35N5O2/c1-3-27-12-4-5-20(27)15-25-23(30)9-7-19-10-13-28(14-11-19)24(31)21-17-29-16-18(2)6-8-22(29)26-21/h6,8,16-17,19-20H,3-5,7,9-15H2,1-2H3,(H,25,30)/t20-/m0/s1. The number of aryl methyl sites for hydroxylation is 1. The number of likely N-dealkylation sites (N-methyl/N-ethyl adjacent to an activating group) is 1. The molecule has 4 rings (SSSR count). The smallest absolute Gasteiger partial charge is 0.274 e. The van der Waals surface area contributed by atoms with Crippen LogP contribution in [0.25, 0.3) is 5.65 Å². The van der Waals surface area contributed by atoms with E-state index in [1.165, 1.54) is 12.8 Å². The topological polar surface area (TPSA) is 70.0 Å². The second-order valence-corrected chi connectivity index (χ2v) is 9.10. The van der Waals surface area contributed by atoms with Crippen LogP contribution < -0.4 is 5.32 Å². The van der Waals surface area contributed by atoms with Crippen molar-refractivity contribution in [1.29, 1.82) is 0 Å². The first-order valence-corrected chi connectivity index (χ1v) is 11.8. The lowest BCUT2D eigenvalue weighted by atomic mass is 9.92. The average Bonchev–Trinajstić information content (AvgIpc) is 3.42. The summed E-state index contributed by atoms with van der Waals surface area (Å²) in [7, 11) is 0. The number of nitrogens with one attached hydrogen (secondary N) is 1. The Kier molecular flexibility index (Phi) is 6.90. The maximum absolute atomic E-state index is 12.9. The Balaban J connectivity index is 1.19. The SMILES string of the molecule is CCN1CCC[C@H]1CNC(=O)CCC1CCN(C(=O)c2cn3cc(C)ccc3n2)CC1. The van der Waals surface area contributed by atoms with Gasteiger partial charge in [-0.25, -0.2) is 4.98 Å². The predicted molar refractivity (Wildman–Crippen MR) is 121 cm³/mol. The van der Waals surface area contributed by atoms with E-state index in [2.05, 4.69) is 22.1 Å². The molecular formula is C24H35N5O2. The number of likely N-dealkylation sites (tertiary alicyclic amines) is 2. The van der Waals surface area contributed by atoms with Crippen LogP contribution in [-0.2, 0) is 4.79 Å². The Morgan fingerprint density at radius 1 is 1.13 bits per heavy atom. The van der Waals surface area contributed by atoms with E-state index in [1.54, 1.807) is 0 Å². The molecule has 2 aliphatic heterocycles. The Hall–Kier alpha value is -2.41. The van der Waals surface area contributed by atoms with Gasteiger partial charge in [-0.15, -0.1) is 0 Å². The van der Waals surface area contributed by atoms with Crippen LogP contribution in [0.4, 0.5) is 0 Å². The summed E-state index contributed by atoms with van der Waals surface area (Å²) in [6.07, 6.45) is 9.64. The number of carbonyl (C=O) groups is 2. The summed E-state index contributed by atoms with van der Waals surface area (Å²) in [5.41, 5.74) is 2.45. The lowest BCUT2D eigenvalue weighted by molar-refractivity contribution is -0.121. The zero-order chi connectivity index (χ0) is 21.8. The van der Waals surface area contributed by atoms with E-state index in [0.29, 0.717) is 24.1 Å². The van der Waals surface area contributed by atoms with Crippen molar-refractivity contribution in [2.45, 2.75) is 58.4 Å². The van der Waals surface area contributed by atoms with Gasteiger partial charge in [-0.2, -0.15) is 0 Å². The van der Waals surface area contributed by atoms with Gasteiger partial charge < -0.3 is 14.6 Å². The first kappa shape index (κ1) is 21.8. The summed E-state index contributed by atoms with van der Waals surface area (Å²) in [4.78, 5) is 34.0. The molecule has 0 aliphatic carbocycles. The predicted octanol–water partition coefficient (Wildman–Crippen LogP) is 2.88. The largest absolute Gasteiger partial charge is 0.355 e. The summed E-state index contributed by atoms with van der Waals surface area (Å²) in [5, 5.41) is 3.14. The molecule has 31 heavy (non-hydrogen) atoms. The molecule has 0 bridgehead atoms. The quantitative estimate of drug-likeness (QED) is 0.741. The summed E-state index contributed by atoms with van der Waals surface area (Å²) in [6.45, 7) is 8.69. The maximum atomic E-state index is 12.9. The van der Waals surface area contributed by atoms with Gasteiger partial charge in [0.25, 0.3) is 5.91 Å². The normalized spacial score (nSPS) is 20.5. The minimum Gasteiger partial charge on any atom is -0.355 e. The monoisotopic (exact) mass is 425 g/mol. The van der Waals surface area contributed by atoms with Crippen molar-refractivity contribution in [1.82, 2.24) is 24.5 Å². The lowest BCUT2D eigenvalue weighted by Crippen LogP contribution is -2.40. The summed E-state index contributed by atoms with van der Waals surface area (Å²) >= 11 is 0. The van der Waals surface area contributed by atoms with Gasteiger partial charge >= 0.3 is 0 Å². The second-order valence-electron chi connectivity index (χ2n) is 9.10. The molecule has 0 aromatic carbocycles. The zero-order valence-corrected chi connectivity index (χ0v) is 18.8. The summed E-state index contributed by atoms with van der Waals surface area (Å²) in [5.74, 6) is 0.688. The number of amides is 2. The molecule has 0 unspecified atom stereocenters. The molecule has 2 amide bonds. The van der Waals surface area contributed by atoms with Crippen LogP contribution in [-0.4, -0.2) is 69.8 Å². The first-order chi connectivity index (χ1) is 15.0. The van der Waals surface area contributed by atoms with E-state index in [4.69, 9.17) is 0 Å². The number of pyridine rings is 1. The molecule has 7 nitrogen and oxygen atoms in total. The van der Waals surface area contributed by atoms with Crippen LogP contribution in [0.5, 0.6) is 0 Å². The number of carbonyl (C=O) groups excluding carboxylic acids is 2. The molecule has 2 fully saturated rings. The van der Waals surface area contributed by atoms with Crippen molar-refractivity contribution in [3.05, 3.63) is 35.8 Å². The molecule has 2 aromatic heterocycles. The molecule has 0 radical (unpaired) electrons. The Morgan fingerprint density at radius 3 is 2.71 bits per heavy atom. The van der Waals surface area contributed by atoms with Gasteiger partial charge in [0.15, 0.2) is 0 Å². The van der Waals surface area contributed by atoms with E-state index in [9.17, 15) is 9.59 Å². The van der Waals surface area contributed by atoms with E-state index >= 15 is 0 Å². The van der Waals surface area contributed by atoms with E-state index in [0.717, 1.165) is 63.2 Å². The highest BCUT2D eigenvalue weighted by Crippen LogP contribution is 2.23. The molecule has 7 heteroatoms. The highest BCUT2D eigenvalue weighted by atomic mass is 16.2. The molecule has 1 N–H and O–H groups in total. The third kappa shape index (κ3) is 5.26. The fraction of sp³-hybridized carbons (Fsp3) is 0.625. The molecule has 168 valence electrons. The fourth-order valence-corrected chi connectivity index (χ4v) is 4.99. The molecule has 1 atom stereocenters. The van der Waals surface area contributed by atoms with Crippen LogP contribution in [0.2, 0.25) is 0 Å². The van der Waals surface area contributed by atoms with Crippen molar-refractivity contribution >= 4 is 17.5 Å². The molecule has 2 aromatic rings. The molecular weight excluding hydrogens is 390 g/mol. The summed E-state index contributed by atoms with van der Waals surface area (Å²) < 4.78 is 1.92. The van der Waals surface area contributed by atoms with Crippen molar-refractivity contribution in [3.8, 4) is 0 Å². The number of rotatable bonds is 7. The Morgan fingerprint density at radius 2 is 1.94 bits per heavy atom. The van der Waals surface area contributed by atoms with Gasteiger partial charge in [0.05, 0.1) is 0 Å². The minimum absolute atomic E-state index is 0.00888. The van der Waals surface area contributed by atoms with Crippen LogP contribution in [0.1, 0.15) is 61.5 Å². The third-order valence-corrected chi connectivity index (χ3v) is 6.94. The van der Waals surface area contributed by atoms with Crippen LogP contribution in [0, 0.1) is 12.8 Å². The average molecular weight is 426 g/mol. The summed E-state index contributed by atoms with van der Waals surface area (Å²) in [6, 6.07) is 4.45. The fourth-order valence-electron chi connectivity index (χ4n) is 4.99. The highest BCUT2D eigenvalue weighted by Gasteiger charge is 2.26. The lowest BCUT2D eigenvalue weighted by Gasteiger charge is -2.31. The number of piperidine rings is 1. The molecule has 4 heterocycles. The van der Waals surface area contributed by atoms with E-state index < -0.39 is 0 Å². The third-order valence-electron chi connectivity index (χ3n) is 6.94. The van der Waals surface area contributed by atoms with E-state index in [-0.39, 0.29) is 11.8 Å². The van der Waals surface area contributed by atoms with Gasteiger partial charge in [-0.05, 0) is 69.7 Å². The molecule has 2 saturated heterocycles. The number of hydrogen-bond donors (Lipinski definition) is 1. The van der Waals surface area contributed by atoms with Gasteiger partial charge in [0.2, 0.25) is 5.91 Å². The van der Waals surface area contributed by atoms with Crippen LogP contribution in [0.15, 0.2) is 24.5 Å². The van der Waals surface area contributed by atoms with Gasteiger partial charge in [-0.3, -0.25) is 14.5 Å². The number of fused-ring (bicyclic) bond motifs is 1. The second kappa shape index (κ2) is 9.81.